The van der Waals surface area contributed by atoms with Gasteiger partial charge in [0.15, 0.2) is 0 Å². The van der Waals surface area contributed by atoms with E-state index in [0.29, 0.717) is 0 Å². The molecule has 0 radical (unpaired) electrons. The van der Waals surface area contributed by atoms with Gasteiger partial charge in [-0.05, 0) is 57.1 Å². The monoisotopic (exact) mass is 326 g/mol. The molecule has 2 heteroatoms. The summed E-state index contributed by atoms with van der Waals surface area (Å²) >= 11 is 11.7. The van der Waals surface area contributed by atoms with Crippen molar-refractivity contribution in [2.45, 2.75) is 24.1 Å². The summed E-state index contributed by atoms with van der Waals surface area (Å²) in [5.41, 5.74) is 1.39. The molecule has 0 saturated carbocycles. The molecule has 4 aromatic rings. The number of alkyl halides is 2. The van der Waals surface area contributed by atoms with Gasteiger partial charge < -0.3 is 0 Å². The lowest BCUT2D eigenvalue weighted by atomic mass is 9.91. The van der Waals surface area contributed by atoms with Gasteiger partial charge in [0.1, 0.15) is 4.84 Å². The average Bonchev–Trinajstić information content (AvgIpc) is 2.53. The van der Waals surface area contributed by atoms with E-state index in [4.69, 9.17) is 23.2 Å². The summed E-state index contributed by atoms with van der Waals surface area (Å²) in [6, 6.07) is 19.9. The zero-order valence-electron chi connectivity index (χ0n) is 12.2. The molecule has 0 aliphatic rings. The summed E-state index contributed by atoms with van der Waals surface area (Å²) in [5, 5.41) is 8.08. The standard InChI is InChI=1S/C20H16Cl2/c21-18(22)6-2-3-13-7-8-16-10-9-14-4-1-5-15-11-12-17(13)20(16)19(14)15/h1,4-5,7-12,18H,2-3,6H2. The topological polar surface area (TPSA) is 0 Å². The minimum absolute atomic E-state index is 0.264. The second-order valence-corrected chi connectivity index (χ2v) is 7.14. The summed E-state index contributed by atoms with van der Waals surface area (Å²) in [4.78, 5) is -0.264. The molecule has 0 aliphatic heterocycles. The van der Waals surface area contributed by atoms with E-state index >= 15 is 0 Å². The molecule has 0 aromatic heterocycles. The number of hydrogen-bond acceptors (Lipinski definition) is 0. The van der Waals surface area contributed by atoms with Crippen LogP contribution in [0.4, 0.5) is 0 Å². The van der Waals surface area contributed by atoms with E-state index in [-0.39, 0.29) is 4.84 Å². The lowest BCUT2D eigenvalue weighted by Gasteiger charge is -2.14. The maximum Gasteiger partial charge on any atom is 0.107 e. The second kappa shape index (κ2) is 5.61. The van der Waals surface area contributed by atoms with Crippen molar-refractivity contribution in [3.63, 3.8) is 0 Å². The van der Waals surface area contributed by atoms with Crippen LogP contribution in [0.3, 0.4) is 0 Å². The highest BCUT2D eigenvalue weighted by Crippen LogP contribution is 2.36. The van der Waals surface area contributed by atoms with Crippen LogP contribution in [-0.2, 0) is 6.42 Å². The summed E-state index contributed by atoms with van der Waals surface area (Å²) in [5.74, 6) is 0. The molecule has 0 N–H and O–H groups in total. The molecule has 0 bridgehead atoms. The summed E-state index contributed by atoms with van der Waals surface area (Å²) < 4.78 is 0. The van der Waals surface area contributed by atoms with Crippen molar-refractivity contribution in [2.75, 3.05) is 0 Å². The van der Waals surface area contributed by atoms with E-state index in [0.717, 1.165) is 19.3 Å². The first kappa shape index (κ1) is 14.1. The summed E-state index contributed by atoms with van der Waals surface area (Å²) in [6.07, 6.45) is 2.87. The normalized spacial score (nSPS) is 12.1. The zero-order chi connectivity index (χ0) is 15.1. The molecule has 0 amide bonds. The van der Waals surface area contributed by atoms with Gasteiger partial charge >= 0.3 is 0 Å². The molecule has 4 aromatic carbocycles. The fourth-order valence-corrected chi connectivity index (χ4v) is 3.77. The molecule has 110 valence electrons. The Kier molecular flexibility index (Phi) is 3.60. The van der Waals surface area contributed by atoms with Gasteiger partial charge in [0.2, 0.25) is 0 Å². The Morgan fingerprint density at radius 3 is 2.09 bits per heavy atom. The van der Waals surface area contributed by atoms with Gasteiger partial charge in [0.25, 0.3) is 0 Å². The first-order valence-electron chi connectivity index (χ1n) is 7.67. The SMILES string of the molecule is ClC(Cl)CCCc1ccc2ccc3cccc4ccc1c2c34. The largest absolute Gasteiger partial charge is 0.107 e. The fraction of sp³-hybridized carbons (Fsp3) is 0.200. The highest BCUT2D eigenvalue weighted by Gasteiger charge is 2.10. The van der Waals surface area contributed by atoms with Gasteiger partial charge in [-0.2, -0.15) is 0 Å². The van der Waals surface area contributed by atoms with Crippen molar-refractivity contribution >= 4 is 55.5 Å². The molecule has 0 spiro atoms. The van der Waals surface area contributed by atoms with Crippen LogP contribution in [0.5, 0.6) is 0 Å². The molecular weight excluding hydrogens is 311 g/mol. The third-order valence-corrected chi connectivity index (χ3v) is 4.92. The highest BCUT2D eigenvalue weighted by atomic mass is 35.5. The molecule has 0 aliphatic carbocycles. The van der Waals surface area contributed by atoms with Crippen LogP contribution in [0.15, 0.2) is 54.6 Å². The summed E-state index contributed by atoms with van der Waals surface area (Å²) in [6.45, 7) is 0. The molecule has 0 saturated heterocycles. The molecule has 0 fully saturated rings. The fourth-order valence-electron chi connectivity index (χ4n) is 3.46. The van der Waals surface area contributed by atoms with Crippen molar-refractivity contribution in [3.05, 3.63) is 60.2 Å². The van der Waals surface area contributed by atoms with E-state index < -0.39 is 0 Å². The van der Waals surface area contributed by atoms with Crippen LogP contribution >= 0.6 is 23.2 Å². The van der Waals surface area contributed by atoms with Crippen LogP contribution in [0.1, 0.15) is 18.4 Å². The minimum atomic E-state index is -0.264. The predicted molar refractivity (Wildman–Crippen MR) is 98.6 cm³/mol. The van der Waals surface area contributed by atoms with Crippen molar-refractivity contribution in [3.8, 4) is 0 Å². The molecule has 22 heavy (non-hydrogen) atoms. The van der Waals surface area contributed by atoms with Crippen LogP contribution < -0.4 is 0 Å². The van der Waals surface area contributed by atoms with E-state index in [1.54, 1.807) is 0 Å². The van der Waals surface area contributed by atoms with Crippen molar-refractivity contribution in [1.82, 2.24) is 0 Å². The lowest BCUT2D eigenvalue weighted by molar-refractivity contribution is 0.781. The number of rotatable bonds is 4. The smallest absolute Gasteiger partial charge is 0.105 e. The van der Waals surface area contributed by atoms with Gasteiger partial charge in [-0.25, -0.2) is 0 Å². The van der Waals surface area contributed by atoms with Crippen LogP contribution in [0.25, 0.3) is 32.3 Å². The summed E-state index contributed by atoms with van der Waals surface area (Å²) in [7, 11) is 0. The predicted octanol–water partition coefficient (Wildman–Crippen LogP) is 6.71. The Balaban J connectivity index is 1.92. The van der Waals surface area contributed by atoms with E-state index in [1.807, 2.05) is 0 Å². The molecule has 0 atom stereocenters. The third-order valence-electron chi connectivity index (χ3n) is 4.49. The lowest BCUT2D eigenvalue weighted by Crippen LogP contribution is -1.93. The highest BCUT2D eigenvalue weighted by molar-refractivity contribution is 6.44. The minimum Gasteiger partial charge on any atom is -0.105 e. The first-order valence-corrected chi connectivity index (χ1v) is 8.55. The van der Waals surface area contributed by atoms with Gasteiger partial charge in [-0.3, -0.25) is 0 Å². The van der Waals surface area contributed by atoms with Crippen LogP contribution in [0, 0.1) is 0 Å². The second-order valence-electron chi connectivity index (χ2n) is 5.86. The molecule has 0 nitrogen and oxygen atoms in total. The maximum absolute atomic E-state index is 5.85. The van der Waals surface area contributed by atoms with Crippen molar-refractivity contribution < 1.29 is 0 Å². The average molecular weight is 327 g/mol. The Hall–Kier alpha value is -1.50. The number of benzene rings is 4. The Morgan fingerprint density at radius 1 is 0.727 bits per heavy atom. The molecule has 4 rings (SSSR count). The van der Waals surface area contributed by atoms with Gasteiger partial charge in [0, 0.05) is 0 Å². The molecule has 0 heterocycles. The number of hydrogen-bond donors (Lipinski definition) is 0. The van der Waals surface area contributed by atoms with Crippen LogP contribution in [-0.4, -0.2) is 4.84 Å². The third kappa shape index (κ3) is 2.31. The van der Waals surface area contributed by atoms with E-state index in [2.05, 4.69) is 54.6 Å². The van der Waals surface area contributed by atoms with Crippen LogP contribution in [0.2, 0.25) is 0 Å². The molecular formula is C20H16Cl2. The Morgan fingerprint density at radius 2 is 1.36 bits per heavy atom. The van der Waals surface area contributed by atoms with Gasteiger partial charge in [-0.1, -0.05) is 54.6 Å². The van der Waals surface area contributed by atoms with Crippen molar-refractivity contribution in [2.24, 2.45) is 0 Å². The Bertz CT molecular complexity index is 924. The van der Waals surface area contributed by atoms with Gasteiger partial charge in [-0.15, -0.1) is 23.2 Å². The van der Waals surface area contributed by atoms with E-state index in [9.17, 15) is 0 Å². The quantitative estimate of drug-likeness (QED) is 0.289. The number of halogens is 2. The molecule has 0 unspecified atom stereocenters. The van der Waals surface area contributed by atoms with Crippen molar-refractivity contribution in [1.29, 1.82) is 0 Å². The Labute approximate surface area is 140 Å². The zero-order valence-corrected chi connectivity index (χ0v) is 13.7. The van der Waals surface area contributed by atoms with E-state index in [1.165, 1.54) is 37.9 Å². The number of aryl methyl sites for hydroxylation is 1. The maximum atomic E-state index is 5.85. The van der Waals surface area contributed by atoms with Gasteiger partial charge in [0.05, 0.1) is 0 Å². The first-order chi connectivity index (χ1) is 10.7.